The highest BCUT2D eigenvalue weighted by Crippen LogP contribution is 2.51. The molecular weight excluding hydrogens is 216 g/mol. The summed E-state index contributed by atoms with van der Waals surface area (Å²) in [5, 5.41) is 0. The van der Waals surface area contributed by atoms with Gasteiger partial charge in [-0.15, -0.1) is 0 Å². The summed E-state index contributed by atoms with van der Waals surface area (Å²) in [5.74, 6) is 2.43. The van der Waals surface area contributed by atoms with Crippen LogP contribution in [0.15, 0.2) is 30.3 Å². The molecule has 0 aliphatic heterocycles. The maximum atomic E-state index is 2.42. The van der Waals surface area contributed by atoms with Gasteiger partial charge >= 0.3 is 0 Å². The number of hydrogen-bond donors (Lipinski definition) is 0. The molecule has 18 heavy (non-hydrogen) atoms. The van der Waals surface area contributed by atoms with E-state index in [4.69, 9.17) is 0 Å². The molecule has 0 radical (unpaired) electrons. The Labute approximate surface area is 113 Å². The molecule has 0 nitrogen and oxygen atoms in total. The van der Waals surface area contributed by atoms with Crippen molar-refractivity contribution in [3.8, 4) is 0 Å². The van der Waals surface area contributed by atoms with Crippen molar-refractivity contribution in [2.75, 3.05) is 0 Å². The number of rotatable bonds is 3. The van der Waals surface area contributed by atoms with Crippen LogP contribution in [0.4, 0.5) is 0 Å². The minimum atomic E-state index is 0.589. The Kier molecular flexibility index (Phi) is 4.14. The fourth-order valence-electron chi connectivity index (χ4n) is 4.04. The molecule has 1 aromatic rings. The van der Waals surface area contributed by atoms with Gasteiger partial charge in [-0.2, -0.15) is 0 Å². The summed E-state index contributed by atoms with van der Waals surface area (Å²) in [7, 11) is 0. The minimum absolute atomic E-state index is 0.589. The first kappa shape index (κ1) is 13.6. The van der Waals surface area contributed by atoms with E-state index in [9.17, 15) is 0 Å². The lowest BCUT2D eigenvalue weighted by atomic mass is 9.58. The van der Waals surface area contributed by atoms with Gasteiger partial charge in [-0.25, -0.2) is 0 Å². The summed E-state index contributed by atoms with van der Waals surface area (Å²) >= 11 is 0. The van der Waals surface area contributed by atoms with Crippen molar-refractivity contribution in [2.45, 2.75) is 59.3 Å². The predicted octanol–water partition coefficient (Wildman–Crippen LogP) is 5.64. The van der Waals surface area contributed by atoms with Gasteiger partial charge in [0.2, 0.25) is 0 Å². The van der Waals surface area contributed by atoms with Crippen LogP contribution in [0.5, 0.6) is 0 Å². The van der Waals surface area contributed by atoms with Crippen LogP contribution in [0.25, 0.3) is 0 Å². The molecule has 100 valence electrons. The van der Waals surface area contributed by atoms with Gasteiger partial charge in [0.25, 0.3) is 0 Å². The van der Waals surface area contributed by atoms with Crippen LogP contribution < -0.4 is 0 Å². The van der Waals surface area contributed by atoms with Crippen molar-refractivity contribution in [2.24, 2.45) is 17.3 Å². The first-order valence-corrected chi connectivity index (χ1v) is 7.61. The van der Waals surface area contributed by atoms with Crippen molar-refractivity contribution in [1.29, 1.82) is 0 Å². The van der Waals surface area contributed by atoms with Gasteiger partial charge in [-0.05, 0) is 54.4 Å². The lowest BCUT2D eigenvalue weighted by molar-refractivity contribution is 0.0513. The zero-order chi connectivity index (χ0) is 13.2. The summed E-state index contributed by atoms with van der Waals surface area (Å²) in [6.45, 7) is 9.68. The molecule has 1 aliphatic carbocycles. The van der Waals surface area contributed by atoms with Gasteiger partial charge in [-0.3, -0.25) is 0 Å². The molecule has 0 aromatic heterocycles. The first-order valence-electron chi connectivity index (χ1n) is 7.61. The Bertz CT molecular complexity index is 343. The number of hydrogen-bond acceptors (Lipinski definition) is 0. The third kappa shape index (κ3) is 2.48. The van der Waals surface area contributed by atoms with E-state index >= 15 is 0 Å². The van der Waals surface area contributed by atoms with Crippen LogP contribution in [-0.2, 0) is 0 Å². The quantitative estimate of drug-likeness (QED) is 0.645. The van der Waals surface area contributed by atoms with E-state index in [2.05, 4.69) is 58.0 Å². The predicted molar refractivity (Wildman–Crippen MR) is 79.8 cm³/mol. The Balaban J connectivity index is 2.07. The Morgan fingerprint density at radius 2 is 1.39 bits per heavy atom. The van der Waals surface area contributed by atoms with Gasteiger partial charge in [-0.1, -0.05) is 58.0 Å². The molecule has 1 aliphatic rings. The summed E-state index contributed by atoms with van der Waals surface area (Å²) < 4.78 is 0. The van der Waals surface area contributed by atoms with Gasteiger partial charge < -0.3 is 0 Å². The van der Waals surface area contributed by atoms with Crippen molar-refractivity contribution in [1.82, 2.24) is 0 Å². The van der Waals surface area contributed by atoms with Crippen LogP contribution in [0.2, 0.25) is 0 Å². The molecule has 2 rings (SSSR count). The van der Waals surface area contributed by atoms with Crippen LogP contribution in [0.1, 0.15) is 64.9 Å². The highest BCUT2D eigenvalue weighted by atomic mass is 14.4. The van der Waals surface area contributed by atoms with E-state index in [1.54, 1.807) is 5.56 Å². The van der Waals surface area contributed by atoms with E-state index in [1.165, 1.54) is 25.7 Å². The Morgan fingerprint density at radius 1 is 0.889 bits per heavy atom. The van der Waals surface area contributed by atoms with E-state index in [-0.39, 0.29) is 0 Å². The molecule has 0 heteroatoms. The molecule has 1 fully saturated rings. The average Bonchev–Trinajstić information content (AvgIpc) is 2.39. The summed E-state index contributed by atoms with van der Waals surface area (Å²) in [6, 6.07) is 11.1. The molecule has 1 saturated carbocycles. The third-order valence-corrected chi connectivity index (χ3v) is 5.49. The average molecular weight is 244 g/mol. The SMILES string of the molecule is CC(C)C1(C(C)C)CCC(c2ccccc2)CC1. The van der Waals surface area contributed by atoms with Crippen LogP contribution >= 0.6 is 0 Å². The van der Waals surface area contributed by atoms with Crippen LogP contribution in [-0.4, -0.2) is 0 Å². The fraction of sp³-hybridized carbons (Fsp3) is 0.667. The van der Waals surface area contributed by atoms with E-state index < -0.39 is 0 Å². The minimum Gasteiger partial charge on any atom is -0.0622 e. The second kappa shape index (κ2) is 5.47. The van der Waals surface area contributed by atoms with E-state index in [0.717, 1.165) is 17.8 Å². The highest BCUT2D eigenvalue weighted by Gasteiger charge is 2.40. The molecule has 0 unspecified atom stereocenters. The molecule has 1 aromatic carbocycles. The van der Waals surface area contributed by atoms with Crippen molar-refractivity contribution in [3.05, 3.63) is 35.9 Å². The summed E-state index contributed by atoms with van der Waals surface area (Å²) in [5.41, 5.74) is 2.14. The van der Waals surface area contributed by atoms with Crippen molar-refractivity contribution >= 4 is 0 Å². The fourth-order valence-corrected chi connectivity index (χ4v) is 4.04. The van der Waals surface area contributed by atoms with Gasteiger partial charge in [0.05, 0.1) is 0 Å². The van der Waals surface area contributed by atoms with Crippen molar-refractivity contribution < 1.29 is 0 Å². The molecule has 0 N–H and O–H groups in total. The van der Waals surface area contributed by atoms with Gasteiger partial charge in [0, 0.05) is 0 Å². The molecule has 0 atom stereocenters. The van der Waals surface area contributed by atoms with Crippen molar-refractivity contribution in [3.63, 3.8) is 0 Å². The molecule has 0 bridgehead atoms. The third-order valence-electron chi connectivity index (χ3n) is 5.49. The normalized spacial score (nSPS) is 20.6. The van der Waals surface area contributed by atoms with E-state index in [0.29, 0.717) is 5.41 Å². The molecular formula is C18H28. The first-order chi connectivity index (χ1) is 8.56. The highest BCUT2D eigenvalue weighted by molar-refractivity contribution is 5.20. The van der Waals surface area contributed by atoms with E-state index in [1.807, 2.05) is 0 Å². The maximum Gasteiger partial charge on any atom is -0.0162 e. The lowest BCUT2D eigenvalue weighted by Crippen LogP contribution is -2.36. The Morgan fingerprint density at radius 3 is 1.83 bits per heavy atom. The molecule has 0 heterocycles. The molecule has 0 spiro atoms. The van der Waals surface area contributed by atoms with Gasteiger partial charge in [0.15, 0.2) is 0 Å². The van der Waals surface area contributed by atoms with Gasteiger partial charge in [0.1, 0.15) is 0 Å². The summed E-state index contributed by atoms with van der Waals surface area (Å²) in [6.07, 6.45) is 5.56. The smallest absolute Gasteiger partial charge is 0.0162 e. The maximum absolute atomic E-state index is 2.42. The lowest BCUT2D eigenvalue weighted by Gasteiger charge is -2.47. The monoisotopic (exact) mass is 244 g/mol. The van der Waals surface area contributed by atoms with Crippen LogP contribution in [0, 0.1) is 17.3 Å². The topological polar surface area (TPSA) is 0 Å². The summed E-state index contributed by atoms with van der Waals surface area (Å²) in [4.78, 5) is 0. The van der Waals surface area contributed by atoms with Crippen LogP contribution in [0.3, 0.4) is 0 Å². The zero-order valence-corrected chi connectivity index (χ0v) is 12.4. The zero-order valence-electron chi connectivity index (χ0n) is 12.4. The second-order valence-corrected chi connectivity index (χ2v) is 6.73. The molecule has 0 saturated heterocycles. The Hall–Kier alpha value is -0.780. The second-order valence-electron chi connectivity index (χ2n) is 6.73. The number of benzene rings is 1. The largest absolute Gasteiger partial charge is 0.0622 e. The molecule has 0 amide bonds. The standard InChI is InChI=1S/C18H28/c1-14(2)18(15(3)4)12-10-17(11-13-18)16-8-6-5-7-9-16/h5-9,14-15,17H,10-13H2,1-4H3.